The van der Waals surface area contributed by atoms with Crippen molar-refractivity contribution in [1.29, 1.82) is 0 Å². The fourth-order valence-corrected chi connectivity index (χ4v) is 1.58. The van der Waals surface area contributed by atoms with Crippen molar-refractivity contribution in [3.8, 4) is 0 Å². The Morgan fingerprint density at radius 1 is 1.33 bits per heavy atom. The maximum absolute atomic E-state index is 9.97. The molecule has 0 amide bonds. The molecule has 0 radical (unpaired) electrons. The van der Waals surface area contributed by atoms with Gasteiger partial charge in [0.1, 0.15) is 0 Å². The van der Waals surface area contributed by atoms with Crippen LogP contribution in [0.15, 0.2) is 12.2 Å². The highest BCUT2D eigenvalue weighted by molar-refractivity contribution is 5.36. The molecule has 0 bridgehead atoms. The summed E-state index contributed by atoms with van der Waals surface area (Å²) in [5.74, 6) is 0.583. The molecule has 0 aromatic heterocycles. The number of allylic oxidation sites excluding steroid dienone is 2. The van der Waals surface area contributed by atoms with Gasteiger partial charge >= 0.3 is 0 Å². The summed E-state index contributed by atoms with van der Waals surface area (Å²) < 4.78 is 4.76. The first-order chi connectivity index (χ1) is 5.93. The molecule has 1 atom stereocenters. The molecule has 0 aliphatic heterocycles. The molecule has 1 rings (SSSR count). The van der Waals surface area contributed by atoms with E-state index in [4.69, 9.17) is 4.74 Å². The average Bonchev–Trinajstić information content (AvgIpc) is 2.02. The molecule has 1 aliphatic carbocycles. The summed E-state index contributed by atoms with van der Waals surface area (Å²) in [6.45, 7) is 1.16. The van der Waals surface area contributed by atoms with Gasteiger partial charge in [-0.3, -0.25) is 4.79 Å². The molecule has 0 spiro atoms. The number of hydrogen-bond donors (Lipinski definition) is 0. The van der Waals surface area contributed by atoms with Crippen LogP contribution in [0.2, 0.25) is 0 Å². The van der Waals surface area contributed by atoms with Gasteiger partial charge in [0, 0.05) is 0 Å². The third-order valence-corrected chi connectivity index (χ3v) is 2.29. The molecule has 0 saturated carbocycles. The predicted octanol–water partition coefficient (Wildman–Crippen LogP) is 2.30. The van der Waals surface area contributed by atoms with E-state index in [0.29, 0.717) is 19.0 Å². The third-order valence-electron chi connectivity index (χ3n) is 2.29. The van der Waals surface area contributed by atoms with Crippen LogP contribution in [0, 0.1) is 5.92 Å². The van der Waals surface area contributed by atoms with E-state index in [1.807, 2.05) is 0 Å². The molecule has 0 aromatic carbocycles. The minimum absolute atomic E-state index is 0.550. The Balaban J connectivity index is 2.22. The van der Waals surface area contributed by atoms with Gasteiger partial charge in [-0.25, -0.2) is 0 Å². The Hall–Kier alpha value is -0.790. The zero-order valence-corrected chi connectivity index (χ0v) is 7.37. The number of carbonyl (C=O) groups is 1. The second-order valence-electron chi connectivity index (χ2n) is 3.28. The van der Waals surface area contributed by atoms with E-state index < -0.39 is 0 Å². The number of hydrogen-bond acceptors (Lipinski definition) is 2. The van der Waals surface area contributed by atoms with Crippen LogP contribution in [-0.2, 0) is 9.53 Å². The second kappa shape index (κ2) is 5.81. The molecule has 0 heterocycles. The van der Waals surface area contributed by atoms with Gasteiger partial charge in [0.25, 0.3) is 6.47 Å². The fourth-order valence-electron chi connectivity index (χ4n) is 1.58. The van der Waals surface area contributed by atoms with E-state index >= 15 is 0 Å². The average molecular weight is 168 g/mol. The van der Waals surface area contributed by atoms with Crippen molar-refractivity contribution < 1.29 is 9.53 Å². The summed E-state index contributed by atoms with van der Waals surface area (Å²) in [6.07, 6.45) is 10.4. The maximum Gasteiger partial charge on any atom is 0.293 e. The largest absolute Gasteiger partial charge is 0.468 e. The molecule has 0 N–H and O–H groups in total. The first kappa shape index (κ1) is 9.30. The lowest BCUT2D eigenvalue weighted by Gasteiger charge is -2.15. The normalized spacial score (nSPS) is 24.2. The molecule has 1 unspecified atom stereocenters. The quantitative estimate of drug-likeness (QED) is 0.477. The van der Waals surface area contributed by atoms with Gasteiger partial charge in [-0.15, -0.1) is 0 Å². The Morgan fingerprint density at radius 2 is 2.17 bits per heavy atom. The number of carbonyl (C=O) groups excluding carboxylic acids is 1. The zero-order valence-electron chi connectivity index (χ0n) is 7.37. The second-order valence-corrected chi connectivity index (χ2v) is 3.28. The molecule has 0 fully saturated rings. The standard InChI is InChI=1S/C10H16O2/c11-9-12-8-10-6-4-2-1-3-5-7-10/h1-2,9-10H,3-8H2. The van der Waals surface area contributed by atoms with Crippen molar-refractivity contribution in [2.45, 2.75) is 32.1 Å². The van der Waals surface area contributed by atoms with Crippen LogP contribution in [0.1, 0.15) is 32.1 Å². The number of rotatable bonds is 3. The van der Waals surface area contributed by atoms with E-state index in [2.05, 4.69) is 12.2 Å². The van der Waals surface area contributed by atoms with Gasteiger partial charge < -0.3 is 4.74 Å². The van der Waals surface area contributed by atoms with E-state index in [1.165, 1.54) is 19.3 Å². The number of ether oxygens (including phenoxy) is 1. The van der Waals surface area contributed by atoms with Gasteiger partial charge in [-0.2, -0.15) is 0 Å². The van der Waals surface area contributed by atoms with Gasteiger partial charge in [-0.05, 0) is 38.0 Å². The third kappa shape index (κ3) is 3.56. The summed E-state index contributed by atoms with van der Waals surface area (Å²) >= 11 is 0. The van der Waals surface area contributed by atoms with Crippen molar-refractivity contribution >= 4 is 6.47 Å². The van der Waals surface area contributed by atoms with E-state index in [9.17, 15) is 4.79 Å². The molecule has 0 aromatic rings. The summed E-state index contributed by atoms with van der Waals surface area (Å²) in [4.78, 5) is 9.97. The van der Waals surface area contributed by atoms with Crippen LogP contribution in [-0.4, -0.2) is 13.1 Å². The highest BCUT2D eigenvalue weighted by atomic mass is 16.5. The van der Waals surface area contributed by atoms with Gasteiger partial charge in [0.05, 0.1) is 6.61 Å². The monoisotopic (exact) mass is 168 g/mol. The first-order valence-corrected chi connectivity index (χ1v) is 4.63. The Kier molecular flexibility index (Phi) is 4.50. The van der Waals surface area contributed by atoms with Crippen molar-refractivity contribution in [3.05, 3.63) is 12.2 Å². The van der Waals surface area contributed by atoms with E-state index in [0.717, 1.165) is 12.8 Å². The van der Waals surface area contributed by atoms with Crippen LogP contribution < -0.4 is 0 Å². The van der Waals surface area contributed by atoms with Crippen molar-refractivity contribution in [3.63, 3.8) is 0 Å². The smallest absolute Gasteiger partial charge is 0.293 e. The minimum atomic E-state index is 0.550. The first-order valence-electron chi connectivity index (χ1n) is 4.63. The fraction of sp³-hybridized carbons (Fsp3) is 0.700. The lowest BCUT2D eigenvalue weighted by atomic mass is 9.95. The molecule has 2 nitrogen and oxygen atoms in total. The van der Waals surface area contributed by atoms with Crippen molar-refractivity contribution in [2.75, 3.05) is 6.61 Å². The molecule has 2 heteroatoms. The molecule has 0 saturated heterocycles. The highest BCUT2D eigenvalue weighted by Gasteiger charge is 2.09. The molecule has 12 heavy (non-hydrogen) atoms. The zero-order chi connectivity index (χ0) is 8.65. The lowest BCUT2D eigenvalue weighted by molar-refractivity contribution is -0.130. The summed E-state index contributed by atoms with van der Waals surface area (Å²) in [7, 11) is 0. The van der Waals surface area contributed by atoms with Gasteiger partial charge in [0.15, 0.2) is 0 Å². The summed E-state index contributed by atoms with van der Waals surface area (Å²) in [6, 6.07) is 0. The van der Waals surface area contributed by atoms with E-state index in [1.54, 1.807) is 0 Å². The Morgan fingerprint density at radius 3 is 3.00 bits per heavy atom. The molecular weight excluding hydrogens is 152 g/mol. The summed E-state index contributed by atoms with van der Waals surface area (Å²) in [5.41, 5.74) is 0. The molecular formula is C10H16O2. The highest BCUT2D eigenvalue weighted by Crippen LogP contribution is 2.18. The van der Waals surface area contributed by atoms with Gasteiger partial charge in [-0.1, -0.05) is 12.2 Å². The Labute approximate surface area is 73.6 Å². The van der Waals surface area contributed by atoms with Crippen LogP contribution in [0.25, 0.3) is 0 Å². The Bertz CT molecular complexity index is 152. The predicted molar refractivity (Wildman–Crippen MR) is 47.7 cm³/mol. The SMILES string of the molecule is O=COCC1CCC=CCCC1. The topological polar surface area (TPSA) is 26.3 Å². The van der Waals surface area contributed by atoms with Gasteiger partial charge in [0.2, 0.25) is 0 Å². The van der Waals surface area contributed by atoms with Crippen molar-refractivity contribution in [1.82, 2.24) is 0 Å². The minimum Gasteiger partial charge on any atom is -0.468 e. The van der Waals surface area contributed by atoms with E-state index in [-0.39, 0.29) is 0 Å². The van der Waals surface area contributed by atoms with Crippen LogP contribution in [0.5, 0.6) is 0 Å². The van der Waals surface area contributed by atoms with Crippen LogP contribution in [0.4, 0.5) is 0 Å². The van der Waals surface area contributed by atoms with Crippen LogP contribution in [0.3, 0.4) is 0 Å². The molecule has 68 valence electrons. The molecule has 1 aliphatic rings. The summed E-state index contributed by atoms with van der Waals surface area (Å²) in [5, 5.41) is 0. The van der Waals surface area contributed by atoms with Crippen molar-refractivity contribution in [2.24, 2.45) is 5.92 Å². The lowest BCUT2D eigenvalue weighted by Crippen LogP contribution is -2.09. The maximum atomic E-state index is 9.97. The van der Waals surface area contributed by atoms with Crippen LogP contribution >= 0.6 is 0 Å².